The number of aryl methyl sites for hydroxylation is 1. The summed E-state index contributed by atoms with van der Waals surface area (Å²) in [7, 11) is 0. The molecule has 2 aromatic carbocycles. The molecule has 158 valence electrons. The van der Waals surface area contributed by atoms with Crippen molar-refractivity contribution in [2.45, 2.75) is 51.7 Å². The van der Waals surface area contributed by atoms with E-state index < -0.39 is 12.3 Å². The topological polar surface area (TPSA) is 53.4 Å². The lowest BCUT2D eigenvalue weighted by Gasteiger charge is -2.20. The van der Waals surface area contributed by atoms with Crippen LogP contribution in [0.3, 0.4) is 0 Å². The second kappa shape index (κ2) is 10.1. The molecule has 0 saturated carbocycles. The van der Waals surface area contributed by atoms with Crippen LogP contribution in [0.4, 0.5) is 4.79 Å². The fraction of sp³-hybridized carbons (Fsp3) is 0.360. The van der Waals surface area contributed by atoms with Gasteiger partial charge in [0.15, 0.2) is 0 Å². The van der Waals surface area contributed by atoms with Crippen LogP contribution < -0.4 is 0 Å². The Morgan fingerprint density at radius 3 is 2.60 bits per heavy atom. The van der Waals surface area contributed by atoms with Gasteiger partial charge in [0.25, 0.3) is 0 Å². The molecule has 0 aliphatic rings. The molecule has 1 aromatic heterocycles. The lowest BCUT2D eigenvalue weighted by atomic mass is 9.86. The molecule has 0 spiro atoms. The molecule has 1 unspecified atom stereocenters. The summed E-state index contributed by atoms with van der Waals surface area (Å²) in [6, 6.07) is 18.3. The van der Waals surface area contributed by atoms with E-state index in [0.29, 0.717) is 13.2 Å². The highest BCUT2D eigenvalue weighted by Gasteiger charge is 2.18. The molecule has 5 nitrogen and oxygen atoms in total. The van der Waals surface area contributed by atoms with Crippen LogP contribution >= 0.6 is 0 Å². The van der Waals surface area contributed by atoms with E-state index >= 15 is 0 Å². The largest absolute Gasteiger partial charge is 0.508 e. The van der Waals surface area contributed by atoms with Crippen molar-refractivity contribution < 1.29 is 14.3 Å². The average molecular weight is 407 g/mol. The van der Waals surface area contributed by atoms with E-state index in [9.17, 15) is 4.79 Å². The van der Waals surface area contributed by atoms with Crippen molar-refractivity contribution in [2.24, 2.45) is 0 Å². The van der Waals surface area contributed by atoms with E-state index in [1.807, 2.05) is 41.1 Å². The number of carbonyl (C=O) groups is 1. The first-order valence-corrected chi connectivity index (χ1v) is 10.4. The SMILES string of the molecule is CC(C)(C)c1cccc(CCCOC(=O)OC(Cn2ccnc2)c2ccccc2)c1. The Labute approximate surface area is 178 Å². The zero-order chi connectivity index (χ0) is 21.4. The second-order valence-electron chi connectivity index (χ2n) is 8.43. The van der Waals surface area contributed by atoms with E-state index in [4.69, 9.17) is 9.47 Å². The molecular formula is C25H30N2O3. The van der Waals surface area contributed by atoms with Gasteiger partial charge in [-0.2, -0.15) is 0 Å². The Kier molecular flexibility index (Phi) is 7.28. The van der Waals surface area contributed by atoms with Crippen molar-refractivity contribution in [1.82, 2.24) is 9.55 Å². The lowest BCUT2D eigenvalue weighted by Crippen LogP contribution is -2.18. The summed E-state index contributed by atoms with van der Waals surface area (Å²) < 4.78 is 12.8. The molecule has 0 aliphatic carbocycles. The number of hydrogen-bond donors (Lipinski definition) is 0. The normalized spacial score (nSPS) is 12.4. The van der Waals surface area contributed by atoms with Crippen LogP contribution in [0.15, 0.2) is 73.3 Å². The number of imidazole rings is 1. The summed E-state index contributed by atoms with van der Waals surface area (Å²) in [5.41, 5.74) is 3.60. The molecule has 30 heavy (non-hydrogen) atoms. The van der Waals surface area contributed by atoms with E-state index in [1.165, 1.54) is 11.1 Å². The molecule has 1 atom stereocenters. The average Bonchev–Trinajstić information content (AvgIpc) is 3.24. The highest BCUT2D eigenvalue weighted by Crippen LogP contribution is 2.23. The maximum Gasteiger partial charge on any atom is 0.508 e. The predicted octanol–water partition coefficient (Wildman–Crippen LogP) is 5.71. The number of aromatic nitrogens is 2. The van der Waals surface area contributed by atoms with Crippen LogP contribution in [0.1, 0.15) is 50.0 Å². The molecule has 3 rings (SSSR count). The smallest absolute Gasteiger partial charge is 0.434 e. The first-order valence-electron chi connectivity index (χ1n) is 10.4. The minimum Gasteiger partial charge on any atom is -0.434 e. The fourth-order valence-corrected chi connectivity index (χ4v) is 3.24. The predicted molar refractivity (Wildman–Crippen MR) is 117 cm³/mol. The number of benzene rings is 2. The maximum atomic E-state index is 12.3. The highest BCUT2D eigenvalue weighted by molar-refractivity contribution is 5.60. The van der Waals surface area contributed by atoms with E-state index in [-0.39, 0.29) is 5.41 Å². The van der Waals surface area contributed by atoms with Gasteiger partial charge in [0.1, 0.15) is 6.10 Å². The number of nitrogens with zero attached hydrogens (tertiary/aromatic N) is 2. The minimum absolute atomic E-state index is 0.123. The quantitative estimate of drug-likeness (QED) is 0.355. The van der Waals surface area contributed by atoms with Gasteiger partial charge in [-0.3, -0.25) is 0 Å². The Hall–Kier alpha value is -3.08. The third-order valence-corrected chi connectivity index (χ3v) is 4.97. The molecule has 5 heteroatoms. The maximum absolute atomic E-state index is 12.3. The molecular weight excluding hydrogens is 376 g/mol. The second-order valence-corrected chi connectivity index (χ2v) is 8.43. The number of ether oxygens (including phenoxy) is 2. The summed E-state index contributed by atoms with van der Waals surface area (Å²) in [6.07, 6.45) is 5.78. The van der Waals surface area contributed by atoms with Gasteiger partial charge in [-0.1, -0.05) is 75.4 Å². The van der Waals surface area contributed by atoms with Crippen LogP contribution in [0, 0.1) is 0 Å². The van der Waals surface area contributed by atoms with Crippen LogP contribution in [0.5, 0.6) is 0 Å². The molecule has 3 aromatic rings. The van der Waals surface area contributed by atoms with Gasteiger partial charge in [-0.25, -0.2) is 9.78 Å². The summed E-state index contributed by atoms with van der Waals surface area (Å²) >= 11 is 0. The van der Waals surface area contributed by atoms with Crippen molar-refractivity contribution in [1.29, 1.82) is 0 Å². The van der Waals surface area contributed by atoms with Crippen molar-refractivity contribution in [3.63, 3.8) is 0 Å². The molecule has 1 heterocycles. The molecule has 0 aliphatic heterocycles. The van der Waals surface area contributed by atoms with Gasteiger partial charge in [-0.15, -0.1) is 0 Å². The summed E-state index contributed by atoms with van der Waals surface area (Å²) in [5.74, 6) is 0. The molecule has 0 radical (unpaired) electrons. The van der Waals surface area contributed by atoms with Gasteiger partial charge in [0.05, 0.1) is 19.5 Å². The highest BCUT2D eigenvalue weighted by atomic mass is 16.7. The number of rotatable bonds is 8. The van der Waals surface area contributed by atoms with Gasteiger partial charge in [0.2, 0.25) is 0 Å². The van der Waals surface area contributed by atoms with E-state index in [1.54, 1.807) is 12.5 Å². The molecule has 0 fully saturated rings. The molecule has 0 bridgehead atoms. The molecule has 0 N–H and O–H groups in total. The van der Waals surface area contributed by atoms with Crippen LogP contribution in [0.2, 0.25) is 0 Å². The van der Waals surface area contributed by atoms with Gasteiger partial charge < -0.3 is 14.0 Å². The zero-order valence-electron chi connectivity index (χ0n) is 18.0. The third kappa shape index (κ3) is 6.48. The standard InChI is InChI=1S/C25H30N2O3/c1-25(2,3)22-13-7-9-20(17-22)10-8-16-29-24(28)30-23(18-27-15-14-26-19-27)21-11-5-4-6-12-21/h4-7,9,11-15,17,19,23H,8,10,16,18H2,1-3H3. The zero-order valence-corrected chi connectivity index (χ0v) is 18.0. The number of carbonyl (C=O) groups excluding carboxylic acids is 1. The monoisotopic (exact) mass is 406 g/mol. The van der Waals surface area contributed by atoms with Crippen molar-refractivity contribution in [2.75, 3.05) is 6.61 Å². The van der Waals surface area contributed by atoms with Crippen LogP contribution in [-0.4, -0.2) is 22.3 Å². The fourth-order valence-electron chi connectivity index (χ4n) is 3.24. The minimum atomic E-state index is -0.646. The van der Waals surface area contributed by atoms with Crippen molar-refractivity contribution >= 4 is 6.16 Å². The van der Waals surface area contributed by atoms with Crippen molar-refractivity contribution in [3.05, 3.63) is 90.0 Å². The number of hydrogen-bond acceptors (Lipinski definition) is 4. The Balaban J connectivity index is 1.50. The molecule has 0 saturated heterocycles. The lowest BCUT2D eigenvalue weighted by molar-refractivity contribution is 0.0165. The van der Waals surface area contributed by atoms with E-state index in [0.717, 1.165) is 18.4 Å². The first kappa shape index (κ1) is 21.6. The van der Waals surface area contributed by atoms with Gasteiger partial charge in [0, 0.05) is 12.4 Å². The summed E-state index contributed by atoms with van der Waals surface area (Å²) in [6.45, 7) is 7.43. The van der Waals surface area contributed by atoms with Gasteiger partial charge >= 0.3 is 6.16 Å². The Morgan fingerprint density at radius 1 is 1.10 bits per heavy atom. The summed E-state index contributed by atoms with van der Waals surface area (Å²) in [5, 5.41) is 0. The Morgan fingerprint density at radius 2 is 1.90 bits per heavy atom. The summed E-state index contributed by atoms with van der Waals surface area (Å²) in [4.78, 5) is 16.3. The first-order chi connectivity index (χ1) is 14.4. The van der Waals surface area contributed by atoms with Gasteiger partial charge in [-0.05, 0) is 34.9 Å². The third-order valence-electron chi connectivity index (χ3n) is 4.97. The molecule has 0 amide bonds. The van der Waals surface area contributed by atoms with Crippen LogP contribution in [0.25, 0.3) is 0 Å². The Bertz CT molecular complexity index is 915. The van der Waals surface area contributed by atoms with E-state index in [2.05, 4.69) is 50.0 Å². The van der Waals surface area contributed by atoms with Crippen molar-refractivity contribution in [3.8, 4) is 0 Å². The van der Waals surface area contributed by atoms with Crippen LogP contribution in [-0.2, 0) is 27.9 Å².